The molecule has 0 aliphatic heterocycles. The zero-order chi connectivity index (χ0) is 12.9. The van der Waals surface area contributed by atoms with Gasteiger partial charge in [-0.25, -0.2) is 0 Å². The number of ketones is 1. The van der Waals surface area contributed by atoms with Crippen molar-refractivity contribution in [2.45, 2.75) is 65.6 Å². The summed E-state index contributed by atoms with van der Waals surface area (Å²) in [6, 6.07) is 0. The molecule has 0 heterocycles. The Morgan fingerprint density at radius 1 is 1.06 bits per heavy atom. The Kier molecular flexibility index (Phi) is 5.60. The van der Waals surface area contributed by atoms with Gasteiger partial charge >= 0.3 is 0 Å². The fraction of sp³-hybridized carbons (Fsp3) is 0.929. The van der Waals surface area contributed by atoms with Crippen LogP contribution in [0.3, 0.4) is 0 Å². The second-order valence-corrected chi connectivity index (χ2v) is 5.84. The van der Waals surface area contributed by atoms with Gasteiger partial charge in [-0.05, 0) is 32.6 Å². The zero-order valence-electron chi connectivity index (χ0n) is 11.6. The van der Waals surface area contributed by atoms with Gasteiger partial charge in [-0.1, -0.05) is 20.8 Å². The molecule has 0 unspecified atom stereocenters. The summed E-state index contributed by atoms with van der Waals surface area (Å²) >= 11 is 0. The fourth-order valence-corrected chi connectivity index (χ4v) is 2.01. The predicted octanol–water partition coefficient (Wildman–Crippen LogP) is 2.97. The maximum absolute atomic E-state index is 11.7. The summed E-state index contributed by atoms with van der Waals surface area (Å²) in [5.41, 5.74) is -0.289. The van der Waals surface area contributed by atoms with Crippen molar-refractivity contribution in [2.24, 2.45) is 5.41 Å². The second-order valence-electron chi connectivity index (χ2n) is 5.84. The highest BCUT2D eigenvalue weighted by Crippen LogP contribution is 2.24. The summed E-state index contributed by atoms with van der Waals surface area (Å²) in [7, 11) is 0. The highest BCUT2D eigenvalue weighted by atomic mass is 16.5. The number of carbonyl (C=O) groups is 1. The van der Waals surface area contributed by atoms with Crippen molar-refractivity contribution in [2.75, 3.05) is 13.2 Å². The summed E-state index contributed by atoms with van der Waals surface area (Å²) in [6.45, 7) is 8.89. The number of rotatable bonds is 5. The molecule has 0 spiro atoms. The molecule has 0 N–H and O–H groups in total. The third kappa shape index (κ3) is 5.17. The van der Waals surface area contributed by atoms with Crippen molar-refractivity contribution in [3.05, 3.63) is 0 Å². The van der Waals surface area contributed by atoms with E-state index < -0.39 is 0 Å². The highest BCUT2D eigenvalue weighted by molar-refractivity contribution is 5.84. The van der Waals surface area contributed by atoms with Crippen LogP contribution in [0.25, 0.3) is 0 Å². The molecule has 0 bridgehead atoms. The standard InChI is InChI=1S/C14H26O3/c1-5-16-11-6-8-12(9-7-11)17-10-13(15)14(2,3)4/h11-12H,5-10H2,1-4H3. The van der Waals surface area contributed by atoms with Gasteiger partial charge in [0.25, 0.3) is 0 Å². The Morgan fingerprint density at radius 2 is 1.53 bits per heavy atom. The van der Waals surface area contributed by atoms with Crippen LogP contribution in [0.15, 0.2) is 0 Å². The van der Waals surface area contributed by atoms with Gasteiger partial charge < -0.3 is 9.47 Å². The van der Waals surface area contributed by atoms with Crippen LogP contribution in [0.2, 0.25) is 0 Å². The minimum Gasteiger partial charge on any atom is -0.379 e. The Labute approximate surface area is 105 Å². The normalized spacial score (nSPS) is 25.9. The van der Waals surface area contributed by atoms with Crippen LogP contribution in [0.4, 0.5) is 0 Å². The molecular weight excluding hydrogens is 216 g/mol. The minimum atomic E-state index is -0.289. The molecule has 0 saturated heterocycles. The first-order valence-electron chi connectivity index (χ1n) is 6.70. The van der Waals surface area contributed by atoms with Crippen LogP contribution in [0, 0.1) is 5.41 Å². The number of carbonyl (C=O) groups excluding carboxylic acids is 1. The molecule has 0 aromatic rings. The van der Waals surface area contributed by atoms with Gasteiger partial charge in [0.05, 0.1) is 12.2 Å². The average Bonchev–Trinajstić information content (AvgIpc) is 2.27. The molecule has 1 fully saturated rings. The van der Waals surface area contributed by atoms with Gasteiger partial charge in [-0.2, -0.15) is 0 Å². The van der Waals surface area contributed by atoms with Gasteiger partial charge in [0, 0.05) is 12.0 Å². The van der Waals surface area contributed by atoms with Crippen LogP contribution in [0.5, 0.6) is 0 Å². The van der Waals surface area contributed by atoms with E-state index in [4.69, 9.17) is 9.47 Å². The van der Waals surface area contributed by atoms with Crippen molar-refractivity contribution >= 4 is 5.78 Å². The van der Waals surface area contributed by atoms with Gasteiger partial charge in [-0.3, -0.25) is 4.79 Å². The van der Waals surface area contributed by atoms with Crippen molar-refractivity contribution in [1.29, 1.82) is 0 Å². The van der Waals surface area contributed by atoms with Crippen molar-refractivity contribution in [3.8, 4) is 0 Å². The molecule has 1 rings (SSSR count). The van der Waals surface area contributed by atoms with E-state index in [-0.39, 0.29) is 23.9 Å². The van der Waals surface area contributed by atoms with E-state index in [0.717, 1.165) is 32.3 Å². The molecular formula is C14H26O3. The Bertz CT molecular complexity index is 234. The summed E-state index contributed by atoms with van der Waals surface area (Å²) < 4.78 is 11.3. The molecule has 0 radical (unpaired) electrons. The monoisotopic (exact) mass is 242 g/mol. The first-order valence-corrected chi connectivity index (χ1v) is 6.70. The SMILES string of the molecule is CCOC1CCC(OCC(=O)C(C)(C)C)CC1. The zero-order valence-corrected chi connectivity index (χ0v) is 11.6. The number of ether oxygens (including phenoxy) is 2. The quantitative estimate of drug-likeness (QED) is 0.743. The van der Waals surface area contributed by atoms with Crippen molar-refractivity contribution < 1.29 is 14.3 Å². The van der Waals surface area contributed by atoms with E-state index in [1.807, 2.05) is 27.7 Å². The van der Waals surface area contributed by atoms with Gasteiger partial charge in [0.2, 0.25) is 0 Å². The van der Waals surface area contributed by atoms with Gasteiger partial charge in [0.1, 0.15) is 6.61 Å². The lowest BCUT2D eigenvalue weighted by Gasteiger charge is -2.29. The van der Waals surface area contributed by atoms with Crippen LogP contribution >= 0.6 is 0 Å². The molecule has 0 aromatic carbocycles. The lowest BCUT2D eigenvalue weighted by molar-refractivity contribution is -0.134. The first-order chi connectivity index (χ1) is 7.93. The molecule has 0 aromatic heterocycles. The lowest BCUT2D eigenvalue weighted by Crippen LogP contribution is -2.31. The van der Waals surface area contributed by atoms with Crippen LogP contribution in [0.1, 0.15) is 53.4 Å². The maximum atomic E-state index is 11.7. The molecule has 0 amide bonds. The number of hydrogen-bond acceptors (Lipinski definition) is 3. The molecule has 3 heteroatoms. The van der Waals surface area contributed by atoms with Gasteiger partial charge in [-0.15, -0.1) is 0 Å². The van der Waals surface area contributed by atoms with E-state index >= 15 is 0 Å². The highest BCUT2D eigenvalue weighted by Gasteiger charge is 2.25. The van der Waals surface area contributed by atoms with Crippen LogP contribution in [-0.4, -0.2) is 31.2 Å². The predicted molar refractivity (Wildman–Crippen MR) is 68.1 cm³/mol. The molecule has 1 aliphatic carbocycles. The molecule has 1 aliphatic rings. The Morgan fingerprint density at radius 3 is 1.94 bits per heavy atom. The Balaban J connectivity index is 2.21. The number of Topliss-reactive ketones (excluding diaryl/α,β-unsaturated/α-hetero) is 1. The molecule has 17 heavy (non-hydrogen) atoms. The van der Waals surface area contributed by atoms with E-state index in [1.165, 1.54) is 0 Å². The first kappa shape index (κ1) is 14.7. The summed E-state index contributed by atoms with van der Waals surface area (Å²) in [4.78, 5) is 11.7. The maximum Gasteiger partial charge on any atom is 0.163 e. The third-order valence-corrected chi connectivity index (χ3v) is 3.31. The fourth-order valence-electron chi connectivity index (χ4n) is 2.01. The van der Waals surface area contributed by atoms with E-state index in [1.54, 1.807) is 0 Å². The summed E-state index contributed by atoms with van der Waals surface area (Å²) in [5.74, 6) is 0.185. The van der Waals surface area contributed by atoms with Crippen molar-refractivity contribution in [3.63, 3.8) is 0 Å². The summed E-state index contributed by atoms with van der Waals surface area (Å²) in [6.07, 6.45) is 4.80. The summed E-state index contributed by atoms with van der Waals surface area (Å²) in [5, 5.41) is 0. The molecule has 3 nitrogen and oxygen atoms in total. The van der Waals surface area contributed by atoms with E-state index in [2.05, 4.69) is 0 Å². The van der Waals surface area contributed by atoms with E-state index in [9.17, 15) is 4.79 Å². The van der Waals surface area contributed by atoms with Gasteiger partial charge in [0.15, 0.2) is 5.78 Å². The molecule has 100 valence electrons. The minimum absolute atomic E-state index is 0.185. The van der Waals surface area contributed by atoms with Crippen LogP contribution < -0.4 is 0 Å². The number of hydrogen-bond donors (Lipinski definition) is 0. The average molecular weight is 242 g/mol. The largest absolute Gasteiger partial charge is 0.379 e. The second kappa shape index (κ2) is 6.50. The van der Waals surface area contributed by atoms with Crippen molar-refractivity contribution in [1.82, 2.24) is 0 Å². The topological polar surface area (TPSA) is 35.5 Å². The third-order valence-electron chi connectivity index (χ3n) is 3.31. The Hall–Kier alpha value is -0.410. The van der Waals surface area contributed by atoms with E-state index in [0.29, 0.717) is 6.10 Å². The lowest BCUT2D eigenvalue weighted by atomic mass is 9.91. The smallest absolute Gasteiger partial charge is 0.163 e. The molecule has 0 atom stereocenters. The molecule has 1 saturated carbocycles. The van der Waals surface area contributed by atoms with Crippen LogP contribution in [-0.2, 0) is 14.3 Å².